The van der Waals surface area contributed by atoms with E-state index in [4.69, 9.17) is 0 Å². The summed E-state index contributed by atoms with van der Waals surface area (Å²) in [4.78, 5) is 17.8. The topological polar surface area (TPSA) is 111 Å². The van der Waals surface area contributed by atoms with E-state index in [1.165, 1.54) is 11.0 Å². The maximum absolute atomic E-state index is 13.6. The standard InChI is InChI=1S/C22H24FN5O3S/c23-16-7-12-28(13-8-16)22(29)20(9-14-27-11-2-3-17(27)15-24)26-32(30,31)21-5-1-4-19-18(21)6-10-25-19/h1-6,10-11,16,20,25-26H,7-9,12-14H2. The second-order valence-corrected chi connectivity index (χ2v) is 9.54. The first kappa shape index (κ1) is 22.0. The van der Waals surface area contributed by atoms with Gasteiger partial charge in [0, 0.05) is 42.9 Å². The van der Waals surface area contributed by atoms with E-state index in [1.54, 1.807) is 47.3 Å². The Morgan fingerprint density at radius 3 is 2.78 bits per heavy atom. The van der Waals surface area contributed by atoms with Crippen molar-refractivity contribution in [2.24, 2.45) is 0 Å². The lowest BCUT2D eigenvalue weighted by Gasteiger charge is -2.32. The van der Waals surface area contributed by atoms with Gasteiger partial charge in [-0.15, -0.1) is 0 Å². The normalized spacial score (nSPS) is 16.2. The molecule has 2 N–H and O–H groups in total. The van der Waals surface area contributed by atoms with E-state index in [-0.39, 0.29) is 49.7 Å². The molecule has 1 aromatic carbocycles. The molecule has 2 aromatic heterocycles. The van der Waals surface area contributed by atoms with Crippen molar-refractivity contribution in [3.8, 4) is 6.07 Å². The van der Waals surface area contributed by atoms with Crippen LogP contribution in [0.25, 0.3) is 10.9 Å². The Hall–Kier alpha value is -3.16. The lowest BCUT2D eigenvalue weighted by atomic mass is 10.1. The van der Waals surface area contributed by atoms with Crippen molar-refractivity contribution in [1.82, 2.24) is 19.2 Å². The number of carbonyl (C=O) groups excluding carboxylic acids is 1. The predicted octanol–water partition coefficient (Wildman–Crippen LogP) is 2.54. The molecule has 32 heavy (non-hydrogen) atoms. The smallest absolute Gasteiger partial charge is 0.241 e. The van der Waals surface area contributed by atoms with Gasteiger partial charge in [-0.25, -0.2) is 12.8 Å². The first-order valence-electron chi connectivity index (χ1n) is 10.5. The van der Waals surface area contributed by atoms with Crippen molar-refractivity contribution in [2.75, 3.05) is 13.1 Å². The number of rotatable bonds is 7. The summed E-state index contributed by atoms with van der Waals surface area (Å²) >= 11 is 0. The summed E-state index contributed by atoms with van der Waals surface area (Å²) in [5.74, 6) is -0.382. The fourth-order valence-corrected chi connectivity index (χ4v) is 5.49. The fourth-order valence-electron chi connectivity index (χ4n) is 4.04. The summed E-state index contributed by atoms with van der Waals surface area (Å²) in [7, 11) is -4.02. The van der Waals surface area contributed by atoms with Crippen LogP contribution in [-0.2, 0) is 21.4 Å². The number of benzene rings is 1. The number of amides is 1. The van der Waals surface area contributed by atoms with Crippen LogP contribution in [0.3, 0.4) is 0 Å². The number of piperidine rings is 1. The van der Waals surface area contributed by atoms with Gasteiger partial charge >= 0.3 is 0 Å². The van der Waals surface area contributed by atoms with E-state index < -0.39 is 22.2 Å². The molecule has 0 saturated carbocycles. The number of sulfonamides is 1. The minimum Gasteiger partial charge on any atom is -0.361 e. The largest absolute Gasteiger partial charge is 0.361 e. The number of nitrogens with one attached hydrogen (secondary N) is 2. The second-order valence-electron chi connectivity index (χ2n) is 7.86. The van der Waals surface area contributed by atoms with E-state index in [2.05, 4.69) is 15.8 Å². The SMILES string of the molecule is N#Cc1cccn1CCC(NS(=O)(=O)c1cccc2[nH]ccc12)C(=O)N1CCC(F)CC1. The van der Waals surface area contributed by atoms with Crippen molar-refractivity contribution in [3.63, 3.8) is 0 Å². The molecule has 0 aliphatic carbocycles. The Bertz CT molecular complexity index is 1250. The van der Waals surface area contributed by atoms with Crippen molar-refractivity contribution < 1.29 is 17.6 Å². The molecule has 1 amide bonds. The van der Waals surface area contributed by atoms with Gasteiger partial charge < -0.3 is 14.5 Å². The van der Waals surface area contributed by atoms with E-state index in [0.29, 0.717) is 16.6 Å². The van der Waals surface area contributed by atoms with Crippen LogP contribution >= 0.6 is 0 Å². The lowest BCUT2D eigenvalue weighted by Crippen LogP contribution is -2.51. The van der Waals surface area contributed by atoms with Crippen LogP contribution < -0.4 is 4.72 Å². The summed E-state index contributed by atoms with van der Waals surface area (Å²) in [6.45, 7) is 0.778. The number of halogens is 1. The molecule has 1 atom stereocenters. The van der Waals surface area contributed by atoms with Crippen LogP contribution in [0.4, 0.5) is 4.39 Å². The summed E-state index contributed by atoms with van der Waals surface area (Å²) in [5.41, 5.74) is 1.10. The molecule has 8 nitrogen and oxygen atoms in total. The Morgan fingerprint density at radius 1 is 1.25 bits per heavy atom. The molecule has 3 aromatic rings. The highest BCUT2D eigenvalue weighted by Gasteiger charge is 2.32. The molecule has 0 bridgehead atoms. The number of hydrogen-bond donors (Lipinski definition) is 2. The van der Waals surface area contributed by atoms with Crippen LogP contribution in [0.1, 0.15) is 25.0 Å². The minimum atomic E-state index is -4.02. The number of aryl methyl sites for hydroxylation is 1. The highest BCUT2D eigenvalue weighted by atomic mass is 32.2. The zero-order valence-electron chi connectivity index (χ0n) is 17.4. The van der Waals surface area contributed by atoms with E-state index in [0.717, 1.165) is 0 Å². The van der Waals surface area contributed by atoms with Crippen molar-refractivity contribution in [3.05, 3.63) is 54.5 Å². The van der Waals surface area contributed by atoms with Crippen molar-refractivity contribution in [1.29, 1.82) is 5.26 Å². The van der Waals surface area contributed by atoms with E-state index in [1.807, 2.05) is 0 Å². The van der Waals surface area contributed by atoms with Crippen molar-refractivity contribution >= 4 is 26.8 Å². The van der Waals surface area contributed by atoms with Crippen LogP contribution in [0.2, 0.25) is 0 Å². The molecule has 1 fully saturated rings. The van der Waals surface area contributed by atoms with Crippen LogP contribution in [0.15, 0.2) is 53.7 Å². The molecule has 0 spiro atoms. The molecule has 1 unspecified atom stereocenters. The summed E-state index contributed by atoms with van der Waals surface area (Å²) in [6, 6.07) is 11.0. The Kier molecular flexibility index (Phi) is 6.30. The van der Waals surface area contributed by atoms with E-state index in [9.17, 15) is 22.9 Å². The molecular weight excluding hydrogens is 433 g/mol. The van der Waals surface area contributed by atoms with Crippen LogP contribution in [-0.4, -0.2) is 54.1 Å². The number of carbonyl (C=O) groups is 1. The number of likely N-dealkylation sites (tertiary alicyclic amines) is 1. The molecule has 3 heterocycles. The number of aromatic amines is 1. The molecular formula is C22H24FN5O3S. The first-order valence-corrected chi connectivity index (χ1v) is 11.9. The highest BCUT2D eigenvalue weighted by Crippen LogP contribution is 2.23. The fraction of sp³-hybridized carbons (Fsp3) is 0.364. The third kappa shape index (κ3) is 4.54. The number of H-pyrrole nitrogens is 1. The average molecular weight is 458 g/mol. The monoisotopic (exact) mass is 457 g/mol. The lowest BCUT2D eigenvalue weighted by molar-refractivity contribution is -0.134. The molecule has 168 valence electrons. The molecule has 4 rings (SSSR count). The minimum absolute atomic E-state index is 0.0789. The number of fused-ring (bicyclic) bond motifs is 1. The molecule has 0 radical (unpaired) electrons. The number of nitrogens with zero attached hydrogens (tertiary/aromatic N) is 3. The summed E-state index contributed by atoms with van der Waals surface area (Å²) in [5, 5.41) is 9.76. The van der Waals surface area contributed by atoms with Gasteiger partial charge in [0.15, 0.2) is 0 Å². The quantitative estimate of drug-likeness (QED) is 0.568. The summed E-state index contributed by atoms with van der Waals surface area (Å²) in [6.07, 6.45) is 3.05. The van der Waals surface area contributed by atoms with Gasteiger partial charge in [0.25, 0.3) is 0 Å². The van der Waals surface area contributed by atoms with Gasteiger partial charge in [0.2, 0.25) is 15.9 Å². The number of hydrogen-bond acceptors (Lipinski definition) is 4. The second kappa shape index (κ2) is 9.14. The maximum atomic E-state index is 13.6. The van der Waals surface area contributed by atoms with Gasteiger partial charge in [-0.2, -0.15) is 9.98 Å². The number of alkyl halides is 1. The Labute approximate surface area is 185 Å². The Morgan fingerprint density at radius 2 is 2.03 bits per heavy atom. The molecule has 10 heteroatoms. The van der Waals surface area contributed by atoms with Gasteiger partial charge in [0.05, 0.1) is 4.90 Å². The van der Waals surface area contributed by atoms with Gasteiger partial charge in [-0.1, -0.05) is 6.07 Å². The molecule has 1 saturated heterocycles. The molecule has 1 aliphatic rings. The number of aromatic nitrogens is 2. The third-order valence-electron chi connectivity index (χ3n) is 5.78. The molecule has 1 aliphatic heterocycles. The van der Waals surface area contributed by atoms with Gasteiger partial charge in [-0.3, -0.25) is 4.79 Å². The van der Waals surface area contributed by atoms with E-state index >= 15 is 0 Å². The zero-order chi connectivity index (χ0) is 22.7. The van der Waals surface area contributed by atoms with Crippen molar-refractivity contribution in [2.45, 2.75) is 42.9 Å². The maximum Gasteiger partial charge on any atom is 0.241 e. The zero-order valence-corrected chi connectivity index (χ0v) is 18.2. The van der Waals surface area contributed by atoms with Crippen LogP contribution in [0, 0.1) is 11.3 Å². The highest BCUT2D eigenvalue weighted by molar-refractivity contribution is 7.89. The average Bonchev–Trinajstić information content (AvgIpc) is 3.45. The van der Waals surface area contributed by atoms with Crippen LogP contribution in [0.5, 0.6) is 0 Å². The van der Waals surface area contributed by atoms with Gasteiger partial charge in [-0.05, 0) is 49.6 Å². The predicted molar refractivity (Wildman–Crippen MR) is 117 cm³/mol. The first-order chi connectivity index (χ1) is 15.4. The number of nitriles is 1. The third-order valence-corrected chi connectivity index (χ3v) is 7.31. The summed E-state index contributed by atoms with van der Waals surface area (Å²) < 4.78 is 44.3. The van der Waals surface area contributed by atoms with Gasteiger partial charge in [0.1, 0.15) is 24.0 Å². The Balaban J connectivity index is 1.60.